The maximum absolute atomic E-state index is 5.88. The van der Waals surface area contributed by atoms with Gasteiger partial charge in [0, 0.05) is 19.6 Å². The average molecular weight is 175 g/mol. The Hall–Kier alpha value is -0.120. The van der Waals surface area contributed by atoms with Crippen LogP contribution in [-0.4, -0.2) is 19.1 Å². The van der Waals surface area contributed by atoms with Crippen LogP contribution in [-0.2, 0) is 9.47 Å². The minimum atomic E-state index is -0.877. The predicted molar refractivity (Wildman–Crippen MR) is 49.6 cm³/mol. The molecule has 0 fully saturated rings. The second-order valence-corrected chi connectivity index (χ2v) is 3.28. The van der Waals surface area contributed by atoms with Crippen LogP contribution in [0.15, 0.2) is 0 Å². The summed E-state index contributed by atoms with van der Waals surface area (Å²) in [4.78, 5) is 0. The predicted octanol–water partition coefficient (Wildman–Crippen LogP) is 1.72. The molecule has 0 aliphatic rings. The molecule has 3 nitrogen and oxygen atoms in total. The van der Waals surface area contributed by atoms with Crippen molar-refractivity contribution in [2.75, 3.05) is 13.2 Å². The van der Waals surface area contributed by atoms with Gasteiger partial charge in [0.15, 0.2) is 0 Å². The molecule has 0 aromatic rings. The Morgan fingerprint density at radius 3 is 1.83 bits per heavy atom. The van der Waals surface area contributed by atoms with Crippen molar-refractivity contribution in [3.63, 3.8) is 0 Å². The summed E-state index contributed by atoms with van der Waals surface area (Å²) in [6.07, 6.45) is 0.731. The molecule has 3 heteroatoms. The molecule has 0 heterocycles. The number of hydrogen-bond acceptors (Lipinski definition) is 3. The van der Waals surface area contributed by atoms with E-state index in [4.69, 9.17) is 15.2 Å². The van der Waals surface area contributed by atoms with Crippen molar-refractivity contribution in [2.45, 2.75) is 40.0 Å². The summed E-state index contributed by atoms with van der Waals surface area (Å²) in [5.41, 5.74) is 5.88. The molecule has 0 radical (unpaired) electrons. The number of rotatable bonds is 6. The molecule has 0 rings (SSSR count). The van der Waals surface area contributed by atoms with E-state index in [0.717, 1.165) is 6.42 Å². The van der Waals surface area contributed by atoms with E-state index in [2.05, 4.69) is 13.8 Å². The Morgan fingerprint density at radius 2 is 1.58 bits per heavy atom. The van der Waals surface area contributed by atoms with Gasteiger partial charge in [0.25, 0.3) is 0 Å². The molecule has 0 amide bonds. The minimum absolute atomic E-state index is 0.480. The first-order chi connectivity index (χ1) is 5.54. The maximum Gasteiger partial charge on any atom is 0.225 e. The lowest BCUT2D eigenvalue weighted by molar-refractivity contribution is -0.237. The van der Waals surface area contributed by atoms with Gasteiger partial charge < -0.3 is 9.47 Å². The van der Waals surface area contributed by atoms with Crippen LogP contribution in [0.5, 0.6) is 0 Å². The van der Waals surface area contributed by atoms with Crippen LogP contribution in [0, 0.1) is 5.92 Å². The van der Waals surface area contributed by atoms with Gasteiger partial charge in [-0.05, 0) is 19.8 Å². The quantitative estimate of drug-likeness (QED) is 0.625. The Balaban J connectivity index is 3.98. The topological polar surface area (TPSA) is 44.5 Å². The summed E-state index contributed by atoms with van der Waals surface area (Å²) in [5, 5.41) is 0. The summed E-state index contributed by atoms with van der Waals surface area (Å²) in [7, 11) is 0. The summed E-state index contributed by atoms with van der Waals surface area (Å²) < 4.78 is 10.7. The maximum atomic E-state index is 5.88. The van der Waals surface area contributed by atoms with Gasteiger partial charge in [-0.1, -0.05) is 13.8 Å². The summed E-state index contributed by atoms with van der Waals surface area (Å²) >= 11 is 0. The summed E-state index contributed by atoms with van der Waals surface area (Å²) in [6, 6.07) is 0. The summed E-state index contributed by atoms with van der Waals surface area (Å²) in [5.74, 6) is -0.398. The Labute approximate surface area is 75.2 Å². The highest BCUT2D eigenvalue weighted by Gasteiger charge is 2.26. The molecule has 0 saturated carbocycles. The SMILES string of the molecule is CCOC(N)(CC(C)C)OCC. The molecule has 0 aromatic carbocycles. The Bertz CT molecular complexity index is 109. The first-order valence-corrected chi connectivity index (χ1v) is 4.60. The lowest BCUT2D eigenvalue weighted by atomic mass is 10.1. The van der Waals surface area contributed by atoms with Crippen LogP contribution in [0.4, 0.5) is 0 Å². The highest BCUT2D eigenvalue weighted by atomic mass is 16.7. The van der Waals surface area contributed by atoms with Crippen molar-refractivity contribution in [1.82, 2.24) is 0 Å². The molecule has 74 valence electrons. The molecule has 2 N–H and O–H groups in total. The third-order valence-electron chi connectivity index (χ3n) is 1.47. The van der Waals surface area contributed by atoms with E-state index in [1.165, 1.54) is 0 Å². The zero-order valence-electron chi connectivity index (χ0n) is 8.59. The van der Waals surface area contributed by atoms with Crippen molar-refractivity contribution in [1.29, 1.82) is 0 Å². The number of ether oxygens (including phenoxy) is 2. The van der Waals surface area contributed by atoms with Gasteiger partial charge in [-0.25, -0.2) is 0 Å². The second-order valence-electron chi connectivity index (χ2n) is 3.28. The monoisotopic (exact) mass is 175 g/mol. The van der Waals surface area contributed by atoms with E-state index in [0.29, 0.717) is 19.1 Å². The molecule has 0 unspecified atom stereocenters. The van der Waals surface area contributed by atoms with Crippen LogP contribution in [0.1, 0.15) is 34.1 Å². The van der Waals surface area contributed by atoms with E-state index in [-0.39, 0.29) is 0 Å². The lowest BCUT2D eigenvalue weighted by Gasteiger charge is -2.30. The standard InChI is InChI=1S/C9H21NO2/c1-5-11-9(10,12-6-2)7-8(3)4/h8H,5-7,10H2,1-4H3. The molecule has 0 aliphatic heterocycles. The van der Waals surface area contributed by atoms with Gasteiger partial charge in [0.2, 0.25) is 5.91 Å². The van der Waals surface area contributed by atoms with E-state index < -0.39 is 5.91 Å². The Morgan fingerprint density at radius 1 is 1.17 bits per heavy atom. The molecule has 0 spiro atoms. The summed E-state index contributed by atoms with van der Waals surface area (Å²) in [6.45, 7) is 9.20. The van der Waals surface area contributed by atoms with Gasteiger partial charge in [0.1, 0.15) is 0 Å². The fourth-order valence-electron chi connectivity index (χ4n) is 1.22. The molecule has 12 heavy (non-hydrogen) atoms. The number of nitrogens with two attached hydrogens (primary N) is 1. The van der Waals surface area contributed by atoms with Crippen molar-refractivity contribution in [3.8, 4) is 0 Å². The van der Waals surface area contributed by atoms with Crippen LogP contribution >= 0.6 is 0 Å². The zero-order valence-corrected chi connectivity index (χ0v) is 8.59. The van der Waals surface area contributed by atoms with Gasteiger partial charge >= 0.3 is 0 Å². The van der Waals surface area contributed by atoms with Crippen LogP contribution < -0.4 is 5.73 Å². The third kappa shape index (κ3) is 4.70. The highest BCUT2D eigenvalue weighted by Crippen LogP contribution is 2.16. The van der Waals surface area contributed by atoms with Crippen LogP contribution in [0.2, 0.25) is 0 Å². The fraction of sp³-hybridized carbons (Fsp3) is 1.00. The molecule has 0 aliphatic carbocycles. The van der Waals surface area contributed by atoms with Crippen molar-refractivity contribution >= 4 is 0 Å². The van der Waals surface area contributed by atoms with Crippen molar-refractivity contribution in [3.05, 3.63) is 0 Å². The normalized spacial score (nSPS) is 12.5. The fourth-order valence-corrected chi connectivity index (χ4v) is 1.22. The van der Waals surface area contributed by atoms with E-state index in [1.807, 2.05) is 13.8 Å². The zero-order chi connectivity index (χ0) is 9.61. The van der Waals surface area contributed by atoms with E-state index in [9.17, 15) is 0 Å². The van der Waals surface area contributed by atoms with Gasteiger partial charge in [-0.2, -0.15) is 0 Å². The molecular formula is C9H21NO2. The number of hydrogen-bond donors (Lipinski definition) is 1. The molecule has 0 atom stereocenters. The Kier molecular flexibility index (Phi) is 5.46. The van der Waals surface area contributed by atoms with Crippen molar-refractivity contribution < 1.29 is 9.47 Å². The van der Waals surface area contributed by atoms with E-state index in [1.54, 1.807) is 0 Å². The second kappa shape index (κ2) is 5.51. The lowest BCUT2D eigenvalue weighted by Crippen LogP contribution is -2.46. The highest BCUT2D eigenvalue weighted by molar-refractivity contribution is 4.63. The first kappa shape index (κ1) is 11.9. The van der Waals surface area contributed by atoms with Gasteiger partial charge in [-0.15, -0.1) is 0 Å². The van der Waals surface area contributed by atoms with Crippen LogP contribution in [0.25, 0.3) is 0 Å². The molecule has 0 bridgehead atoms. The molecular weight excluding hydrogens is 154 g/mol. The van der Waals surface area contributed by atoms with Gasteiger partial charge in [-0.3, -0.25) is 5.73 Å². The van der Waals surface area contributed by atoms with E-state index >= 15 is 0 Å². The average Bonchev–Trinajstić information content (AvgIpc) is 1.85. The minimum Gasteiger partial charge on any atom is -0.338 e. The van der Waals surface area contributed by atoms with Gasteiger partial charge in [0.05, 0.1) is 0 Å². The third-order valence-corrected chi connectivity index (χ3v) is 1.47. The van der Waals surface area contributed by atoms with Crippen molar-refractivity contribution in [2.24, 2.45) is 11.7 Å². The molecule has 0 saturated heterocycles. The smallest absolute Gasteiger partial charge is 0.225 e. The first-order valence-electron chi connectivity index (χ1n) is 4.60. The van der Waals surface area contributed by atoms with Crippen LogP contribution in [0.3, 0.4) is 0 Å². The molecule has 0 aromatic heterocycles. The largest absolute Gasteiger partial charge is 0.338 e.